The number of nitriles is 1. The largest absolute Gasteiger partial charge is 0.326 e. The summed E-state index contributed by atoms with van der Waals surface area (Å²) in [4.78, 5) is 3.47. The van der Waals surface area contributed by atoms with Gasteiger partial charge in [-0.15, -0.1) is 0 Å². The molecule has 0 aliphatic heterocycles. The summed E-state index contributed by atoms with van der Waals surface area (Å²) < 4.78 is 24.4. The Morgan fingerprint density at radius 3 is 2.77 bits per heavy atom. The number of pyridine rings is 1. The van der Waals surface area contributed by atoms with Crippen molar-refractivity contribution in [3.05, 3.63) is 29.1 Å². The first-order chi connectivity index (χ1) is 6.19. The Morgan fingerprint density at radius 2 is 2.31 bits per heavy atom. The second kappa shape index (κ2) is 3.92. The molecule has 68 valence electrons. The van der Waals surface area contributed by atoms with E-state index in [0.29, 0.717) is 5.56 Å². The maximum Gasteiger partial charge on any atom is 0.281 e. The second-order valence-electron chi connectivity index (χ2n) is 2.39. The fourth-order valence-electron chi connectivity index (χ4n) is 0.894. The average molecular weight is 183 g/mol. The molecule has 0 aliphatic rings. The highest BCUT2D eigenvalue weighted by Crippen LogP contribution is 2.20. The molecular formula is C8H7F2N3. The molecule has 5 heteroatoms. The normalized spacial score (nSPS) is 10.1. The summed E-state index contributed by atoms with van der Waals surface area (Å²) in [5, 5.41) is 8.52. The smallest absolute Gasteiger partial charge is 0.281 e. The van der Waals surface area contributed by atoms with Gasteiger partial charge in [-0.2, -0.15) is 5.26 Å². The first kappa shape index (κ1) is 9.55. The van der Waals surface area contributed by atoms with Crippen LogP contribution >= 0.6 is 0 Å². The predicted molar refractivity (Wildman–Crippen MR) is 41.8 cm³/mol. The highest BCUT2D eigenvalue weighted by atomic mass is 19.3. The Balaban J connectivity index is 3.18. The molecule has 0 saturated heterocycles. The van der Waals surface area contributed by atoms with Gasteiger partial charge in [-0.25, -0.2) is 8.78 Å². The van der Waals surface area contributed by atoms with E-state index in [0.717, 1.165) is 0 Å². The maximum atomic E-state index is 12.2. The van der Waals surface area contributed by atoms with Gasteiger partial charge in [0.05, 0.1) is 5.56 Å². The van der Waals surface area contributed by atoms with E-state index in [4.69, 9.17) is 11.0 Å². The number of alkyl halides is 2. The molecule has 13 heavy (non-hydrogen) atoms. The zero-order valence-electron chi connectivity index (χ0n) is 6.67. The number of aromatic nitrogens is 1. The summed E-state index contributed by atoms with van der Waals surface area (Å²) in [6.45, 7) is 0.186. The molecule has 0 fully saturated rings. The van der Waals surface area contributed by atoms with Crippen molar-refractivity contribution in [2.75, 3.05) is 0 Å². The van der Waals surface area contributed by atoms with E-state index in [1.54, 1.807) is 6.07 Å². The minimum atomic E-state index is -2.72. The van der Waals surface area contributed by atoms with E-state index in [2.05, 4.69) is 4.98 Å². The van der Waals surface area contributed by atoms with E-state index < -0.39 is 12.1 Å². The van der Waals surface area contributed by atoms with Crippen molar-refractivity contribution in [2.24, 2.45) is 5.73 Å². The molecule has 2 N–H and O–H groups in total. The molecule has 3 nitrogen and oxygen atoms in total. The fraction of sp³-hybridized carbons (Fsp3) is 0.250. The van der Waals surface area contributed by atoms with Gasteiger partial charge in [0.25, 0.3) is 6.43 Å². The molecule has 1 heterocycles. The standard InChI is InChI=1S/C8H7F2N3/c9-8(10)7-6(3-12)1-5(2-11)4-13-7/h1,4,8H,2,11H2. The third kappa shape index (κ3) is 1.98. The monoisotopic (exact) mass is 183 g/mol. The van der Waals surface area contributed by atoms with Crippen molar-refractivity contribution < 1.29 is 8.78 Å². The van der Waals surface area contributed by atoms with Crippen LogP contribution in [0.2, 0.25) is 0 Å². The zero-order valence-corrected chi connectivity index (χ0v) is 6.67. The lowest BCUT2D eigenvalue weighted by molar-refractivity contribution is 0.145. The molecule has 0 spiro atoms. The molecule has 1 aromatic rings. The van der Waals surface area contributed by atoms with Crippen molar-refractivity contribution >= 4 is 0 Å². The Hall–Kier alpha value is -1.54. The van der Waals surface area contributed by atoms with E-state index in [1.807, 2.05) is 0 Å². The molecule has 0 amide bonds. The highest BCUT2D eigenvalue weighted by molar-refractivity contribution is 5.36. The van der Waals surface area contributed by atoms with Crippen LogP contribution in [-0.4, -0.2) is 4.98 Å². The van der Waals surface area contributed by atoms with Crippen LogP contribution in [-0.2, 0) is 6.54 Å². The SMILES string of the molecule is N#Cc1cc(CN)cnc1C(F)F. The van der Waals surface area contributed by atoms with Crippen molar-refractivity contribution in [3.8, 4) is 6.07 Å². The van der Waals surface area contributed by atoms with Crippen molar-refractivity contribution in [1.82, 2.24) is 4.98 Å². The van der Waals surface area contributed by atoms with E-state index >= 15 is 0 Å². The third-order valence-corrected chi connectivity index (χ3v) is 1.54. The minimum absolute atomic E-state index is 0.113. The van der Waals surface area contributed by atoms with Crippen LogP contribution in [0.1, 0.15) is 23.2 Å². The van der Waals surface area contributed by atoms with Crippen LogP contribution in [0.3, 0.4) is 0 Å². The fourth-order valence-corrected chi connectivity index (χ4v) is 0.894. The van der Waals surface area contributed by atoms with Gasteiger partial charge in [-0.05, 0) is 11.6 Å². The summed E-state index contributed by atoms with van der Waals surface area (Å²) >= 11 is 0. The molecule has 0 radical (unpaired) electrons. The van der Waals surface area contributed by atoms with Gasteiger partial charge in [0.15, 0.2) is 0 Å². The molecule has 0 saturated carbocycles. The van der Waals surface area contributed by atoms with Gasteiger partial charge in [-0.3, -0.25) is 4.98 Å². The van der Waals surface area contributed by atoms with Crippen molar-refractivity contribution in [1.29, 1.82) is 5.26 Å². The summed E-state index contributed by atoms with van der Waals surface area (Å²) in [7, 11) is 0. The Labute approximate surface area is 73.8 Å². The topological polar surface area (TPSA) is 62.7 Å². The highest BCUT2D eigenvalue weighted by Gasteiger charge is 2.14. The van der Waals surface area contributed by atoms with Crippen LogP contribution in [0.15, 0.2) is 12.3 Å². The summed E-state index contributed by atoms with van der Waals surface area (Å²) in [6.07, 6.45) is -1.47. The van der Waals surface area contributed by atoms with Crippen molar-refractivity contribution in [3.63, 3.8) is 0 Å². The van der Waals surface area contributed by atoms with Gasteiger partial charge < -0.3 is 5.73 Å². The van der Waals surface area contributed by atoms with Crippen molar-refractivity contribution in [2.45, 2.75) is 13.0 Å². The van der Waals surface area contributed by atoms with E-state index in [-0.39, 0.29) is 12.1 Å². The second-order valence-corrected chi connectivity index (χ2v) is 2.39. The number of halogens is 2. The lowest BCUT2D eigenvalue weighted by Crippen LogP contribution is -2.01. The number of nitrogens with zero attached hydrogens (tertiary/aromatic N) is 2. The van der Waals surface area contributed by atoms with Crippen LogP contribution in [0, 0.1) is 11.3 Å². The lowest BCUT2D eigenvalue weighted by atomic mass is 10.1. The van der Waals surface area contributed by atoms with E-state index in [9.17, 15) is 8.78 Å². The third-order valence-electron chi connectivity index (χ3n) is 1.54. The Bertz CT molecular complexity index is 344. The maximum absolute atomic E-state index is 12.2. The van der Waals surface area contributed by atoms with E-state index in [1.165, 1.54) is 12.3 Å². The average Bonchev–Trinajstić information content (AvgIpc) is 2.16. The van der Waals surface area contributed by atoms with Crippen LogP contribution in [0.5, 0.6) is 0 Å². The van der Waals surface area contributed by atoms with Crippen LogP contribution in [0.25, 0.3) is 0 Å². The van der Waals surface area contributed by atoms with Gasteiger partial charge in [0.2, 0.25) is 0 Å². The molecule has 0 bridgehead atoms. The first-order valence-electron chi connectivity index (χ1n) is 3.56. The summed E-state index contributed by atoms with van der Waals surface area (Å²) in [5.74, 6) is 0. The molecule has 0 aliphatic carbocycles. The lowest BCUT2D eigenvalue weighted by Gasteiger charge is -2.02. The van der Waals surface area contributed by atoms with Gasteiger partial charge in [-0.1, -0.05) is 0 Å². The molecule has 1 rings (SSSR count). The minimum Gasteiger partial charge on any atom is -0.326 e. The van der Waals surface area contributed by atoms with Gasteiger partial charge >= 0.3 is 0 Å². The van der Waals surface area contributed by atoms with Gasteiger partial charge in [0, 0.05) is 12.7 Å². The number of hydrogen-bond donors (Lipinski definition) is 1. The zero-order chi connectivity index (χ0) is 9.84. The van der Waals surface area contributed by atoms with Crippen LogP contribution < -0.4 is 5.73 Å². The number of rotatable bonds is 2. The molecule has 0 unspecified atom stereocenters. The molecule has 1 aromatic heterocycles. The molecular weight excluding hydrogens is 176 g/mol. The summed E-state index contributed by atoms with van der Waals surface area (Å²) in [6, 6.07) is 2.98. The van der Waals surface area contributed by atoms with Crippen LogP contribution in [0.4, 0.5) is 8.78 Å². The molecule has 0 atom stereocenters. The Kier molecular flexibility index (Phi) is 2.88. The first-order valence-corrected chi connectivity index (χ1v) is 3.56. The number of nitrogens with two attached hydrogens (primary N) is 1. The molecule has 0 aromatic carbocycles. The predicted octanol–water partition coefficient (Wildman–Crippen LogP) is 1.35. The van der Waals surface area contributed by atoms with Gasteiger partial charge in [0.1, 0.15) is 11.8 Å². The number of hydrogen-bond acceptors (Lipinski definition) is 3. The Morgan fingerprint density at radius 1 is 1.62 bits per heavy atom. The summed E-state index contributed by atoms with van der Waals surface area (Å²) in [5.41, 5.74) is 5.23. The quantitative estimate of drug-likeness (QED) is 0.752.